The monoisotopic (exact) mass is 796 g/mol. The molecule has 8 aromatic carbocycles. The summed E-state index contributed by atoms with van der Waals surface area (Å²) >= 11 is -0.826. The molecule has 0 unspecified atom stereocenters. The van der Waals surface area contributed by atoms with Crippen molar-refractivity contribution >= 4 is 69.6 Å². The molecule has 254 valence electrons. The van der Waals surface area contributed by atoms with E-state index in [1.165, 1.54) is 102 Å². The number of fused-ring (bicyclic) bond motifs is 4. The fourth-order valence-corrected chi connectivity index (χ4v) is 7.73. The molecular formula is C47H44Cl2SiZr. The number of hydrogen-bond donors (Lipinski definition) is 0. The van der Waals surface area contributed by atoms with E-state index in [2.05, 4.69) is 166 Å². The van der Waals surface area contributed by atoms with E-state index >= 15 is 0 Å². The smallest absolute Gasteiger partial charge is 0.0114 e. The zero-order chi connectivity index (χ0) is 35.7. The Balaban J connectivity index is 0.000000154. The van der Waals surface area contributed by atoms with Gasteiger partial charge < -0.3 is 0 Å². The van der Waals surface area contributed by atoms with Crippen molar-refractivity contribution in [1.82, 2.24) is 0 Å². The van der Waals surface area contributed by atoms with Gasteiger partial charge in [-0.3, -0.25) is 0 Å². The molecule has 0 aromatic heterocycles. The van der Waals surface area contributed by atoms with E-state index in [1.807, 2.05) is 0 Å². The average Bonchev–Trinajstić information content (AvgIpc) is 3.93. The molecule has 4 heteroatoms. The van der Waals surface area contributed by atoms with Gasteiger partial charge in [-0.15, -0.1) is 68.6 Å². The van der Waals surface area contributed by atoms with E-state index in [-0.39, 0.29) is 0 Å². The number of benzene rings is 6. The van der Waals surface area contributed by atoms with Gasteiger partial charge in [0.25, 0.3) is 0 Å². The molecule has 1 aliphatic carbocycles. The molecule has 51 heavy (non-hydrogen) atoms. The molecule has 1 fully saturated rings. The number of rotatable bonds is 3. The Morgan fingerprint density at radius 1 is 0.569 bits per heavy atom. The van der Waals surface area contributed by atoms with E-state index in [9.17, 15) is 0 Å². The molecule has 0 aliphatic heterocycles. The van der Waals surface area contributed by atoms with Gasteiger partial charge >= 0.3 is 37.9 Å². The standard InChI is InChI=1S/C24H21.C21H17.C2H6Si.2ClH.Zr/c1-2-8-17(7-1)20-15-19-11-6-14-23(24(19)16-20)22-13-5-10-18-9-3-4-12-21(18)22;1-14-12-20-15(2)10-11-19(21(20)13-14)18-9-5-7-16-6-3-4-8-17(16)18;1-3-2;;;/h3-6,9-17H,1-2,7-8H2;3-13H,1-2H3;1-2H3;2*1H;/q2*-1;;;;+4/p-2. The van der Waals surface area contributed by atoms with Gasteiger partial charge in [-0.2, -0.15) is 12.1 Å². The van der Waals surface area contributed by atoms with Gasteiger partial charge in [0.1, 0.15) is 0 Å². The molecule has 0 N–H and O–H groups in total. The number of hydrogen-bond acceptors (Lipinski definition) is 0. The Morgan fingerprint density at radius 2 is 1.06 bits per heavy atom. The average molecular weight is 799 g/mol. The molecule has 8 aromatic rings. The van der Waals surface area contributed by atoms with Crippen molar-refractivity contribution in [1.29, 1.82) is 0 Å². The van der Waals surface area contributed by atoms with Crippen molar-refractivity contribution in [3.63, 3.8) is 0 Å². The molecular weight excluding hydrogens is 755 g/mol. The van der Waals surface area contributed by atoms with Crippen LogP contribution in [-0.4, -0.2) is 9.52 Å². The fourth-order valence-electron chi connectivity index (χ4n) is 7.73. The number of aryl methyl sites for hydroxylation is 2. The molecule has 2 radical (unpaired) electrons. The van der Waals surface area contributed by atoms with Crippen molar-refractivity contribution in [3.8, 4) is 22.3 Å². The molecule has 0 spiro atoms. The first kappa shape index (κ1) is 37.5. The summed E-state index contributed by atoms with van der Waals surface area (Å²) in [4.78, 5) is 0. The first-order valence-corrected chi connectivity index (χ1v) is 26.2. The Morgan fingerprint density at radius 3 is 1.65 bits per heavy atom. The minimum absolute atomic E-state index is 0.776. The minimum Gasteiger partial charge on any atom is -0.164 e. The summed E-state index contributed by atoms with van der Waals surface area (Å²) < 4.78 is 0. The zero-order valence-electron chi connectivity index (χ0n) is 29.9. The van der Waals surface area contributed by atoms with E-state index in [0.717, 1.165) is 15.4 Å². The van der Waals surface area contributed by atoms with Crippen LogP contribution in [0, 0.1) is 13.8 Å². The zero-order valence-corrected chi connectivity index (χ0v) is 34.9. The summed E-state index contributed by atoms with van der Waals surface area (Å²) in [6, 6.07) is 51.3. The predicted molar refractivity (Wildman–Crippen MR) is 225 cm³/mol. The van der Waals surface area contributed by atoms with Gasteiger partial charge in [-0.05, 0) is 51.4 Å². The second kappa shape index (κ2) is 18.0. The summed E-state index contributed by atoms with van der Waals surface area (Å²) in [6.07, 6.45) is 5.50. The van der Waals surface area contributed by atoms with Crippen LogP contribution in [-0.2, 0) is 20.8 Å². The van der Waals surface area contributed by atoms with Gasteiger partial charge in [0.2, 0.25) is 0 Å². The summed E-state index contributed by atoms with van der Waals surface area (Å²) in [6.45, 7) is 8.67. The van der Waals surface area contributed by atoms with Crippen LogP contribution in [0.2, 0.25) is 13.1 Å². The van der Waals surface area contributed by atoms with E-state index in [1.54, 1.807) is 5.56 Å². The van der Waals surface area contributed by atoms with Crippen LogP contribution in [0.3, 0.4) is 0 Å². The third-order valence-electron chi connectivity index (χ3n) is 10.0. The van der Waals surface area contributed by atoms with E-state index in [4.69, 9.17) is 17.0 Å². The minimum atomic E-state index is -0.826. The van der Waals surface area contributed by atoms with Crippen molar-refractivity contribution < 1.29 is 20.8 Å². The molecule has 1 aliphatic rings. The Labute approximate surface area is 325 Å². The van der Waals surface area contributed by atoms with Gasteiger partial charge in [-0.1, -0.05) is 148 Å². The summed E-state index contributed by atoms with van der Waals surface area (Å²) in [5, 5.41) is 10.8. The Kier molecular flexibility index (Phi) is 13.2. The normalized spacial score (nSPS) is 12.5. The van der Waals surface area contributed by atoms with Gasteiger partial charge in [0.15, 0.2) is 0 Å². The topological polar surface area (TPSA) is 0 Å². The van der Waals surface area contributed by atoms with Gasteiger partial charge in [0, 0.05) is 9.52 Å². The Bertz CT molecular complexity index is 2350. The summed E-state index contributed by atoms with van der Waals surface area (Å²) in [5.74, 6) is 0.776. The third-order valence-corrected chi connectivity index (χ3v) is 10.0. The van der Waals surface area contributed by atoms with Crippen molar-refractivity contribution in [2.24, 2.45) is 0 Å². The molecule has 0 bridgehead atoms. The van der Waals surface area contributed by atoms with Crippen LogP contribution in [0.5, 0.6) is 0 Å². The first-order valence-electron chi connectivity index (χ1n) is 17.8. The fraction of sp³-hybridized carbons (Fsp3) is 0.191. The maximum atomic E-state index is 4.93. The van der Waals surface area contributed by atoms with Crippen LogP contribution in [0.4, 0.5) is 0 Å². The first-order chi connectivity index (χ1) is 25.0. The van der Waals surface area contributed by atoms with Crippen LogP contribution in [0.15, 0.2) is 140 Å². The van der Waals surface area contributed by atoms with E-state index < -0.39 is 20.8 Å². The van der Waals surface area contributed by atoms with Gasteiger partial charge in [-0.25, -0.2) is 0 Å². The quantitative estimate of drug-likeness (QED) is 0.123. The van der Waals surface area contributed by atoms with Crippen molar-refractivity contribution in [2.45, 2.75) is 58.5 Å². The molecule has 0 atom stereocenters. The molecule has 0 heterocycles. The molecule has 9 rings (SSSR count). The van der Waals surface area contributed by atoms with Crippen molar-refractivity contribution in [2.75, 3.05) is 0 Å². The summed E-state index contributed by atoms with van der Waals surface area (Å²) in [7, 11) is 11.0. The maximum Gasteiger partial charge on any atom is -0.0114 e. The third kappa shape index (κ3) is 8.53. The second-order valence-electron chi connectivity index (χ2n) is 13.5. The SMILES string of the molecule is C[Si]C.Cc1cc2c(-c3cccc4ccccc34)ccc(C)c2[cH-]1.[Cl][Zr+2][Cl].c1ccc2c(-c3cccc4[cH-]c(C5CCCC5)cc34)cccc2c1. The molecule has 1 saturated carbocycles. The molecule has 0 saturated heterocycles. The maximum absolute atomic E-state index is 4.93. The molecule has 0 nitrogen and oxygen atoms in total. The predicted octanol–water partition coefficient (Wildman–Crippen LogP) is 15.2. The molecule has 0 amide bonds. The summed E-state index contributed by atoms with van der Waals surface area (Å²) in [5.41, 5.74) is 9.61. The van der Waals surface area contributed by atoms with Crippen molar-refractivity contribution in [3.05, 3.63) is 156 Å². The van der Waals surface area contributed by atoms with Crippen LogP contribution in [0.25, 0.3) is 65.3 Å². The largest absolute Gasteiger partial charge is 0.164 e. The van der Waals surface area contributed by atoms with Gasteiger partial charge in [0.05, 0.1) is 0 Å². The number of halogens is 2. The second-order valence-corrected chi connectivity index (χ2v) is 18.2. The van der Waals surface area contributed by atoms with Crippen LogP contribution >= 0.6 is 17.0 Å². The van der Waals surface area contributed by atoms with E-state index in [0.29, 0.717) is 0 Å². The Hall–Kier alpha value is -3.26. The van der Waals surface area contributed by atoms with Crippen LogP contribution < -0.4 is 0 Å². The van der Waals surface area contributed by atoms with Crippen LogP contribution in [0.1, 0.15) is 48.3 Å².